The Bertz CT molecular complexity index is 1180. The smallest absolute Gasteiger partial charge is 0.256 e. The molecule has 0 aliphatic carbocycles. The molecule has 2 aromatic rings. The van der Waals surface area contributed by atoms with E-state index in [9.17, 15) is 26.0 Å². The third kappa shape index (κ3) is 4.71. The van der Waals surface area contributed by atoms with Gasteiger partial charge in [0.05, 0.1) is 22.5 Å². The van der Waals surface area contributed by atoms with Gasteiger partial charge in [-0.05, 0) is 49.5 Å². The van der Waals surface area contributed by atoms with Crippen molar-refractivity contribution in [2.45, 2.75) is 9.79 Å². The molecule has 1 aliphatic rings. The second kappa shape index (κ2) is 8.91. The van der Waals surface area contributed by atoms with Crippen LogP contribution in [0.25, 0.3) is 0 Å². The van der Waals surface area contributed by atoms with E-state index in [-0.39, 0.29) is 41.5 Å². The first-order valence-corrected chi connectivity index (χ1v) is 12.2. The second-order valence-electron chi connectivity index (χ2n) is 6.72. The summed E-state index contributed by atoms with van der Waals surface area (Å²) in [5.74, 6) is -1.03. The zero-order valence-corrected chi connectivity index (χ0v) is 18.5. The van der Waals surface area contributed by atoms with E-state index in [1.165, 1.54) is 35.5 Å². The van der Waals surface area contributed by atoms with Crippen LogP contribution in [0.5, 0.6) is 5.75 Å². The highest BCUT2D eigenvalue weighted by molar-refractivity contribution is 7.89. The van der Waals surface area contributed by atoms with E-state index in [1.807, 2.05) is 0 Å². The van der Waals surface area contributed by atoms with Gasteiger partial charge < -0.3 is 9.64 Å². The number of sulfonamides is 2. The van der Waals surface area contributed by atoms with Gasteiger partial charge in [-0.15, -0.1) is 0 Å². The van der Waals surface area contributed by atoms with Gasteiger partial charge in [0.1, 0.15) is 11.6 Å². The van der Waals surface area contributed by atoms with Crippen molar-refractivity contribution in [2.75, 3.05) is 40.3 Å². The predicted octanol–water partition coefficient (Wildman–Crippen LogP) is 0.889. The highest BCUT2D eigenvalue weighted by atomic mass is 32.2. The van der Waals surface area contributed by atoms with Gasteiger partial charge in [0.15, 0.2) is 0 Å². The van der Waals surface area contributed by atoms with Crippen LogP contribution < -0.4 is 9.46 Å². The number of nitrogens with one attached hydrogen (secondary N) is 1. The maximum Gasteiger partial charge on any atom is 0.256 e. The van der Waals surface area contributed by atoms with Crippen LogP contribution in [-0.2, 0) is 20.0 Å². The number of ether oxygens (including phenoxy) is 1. The molecule has 1 aliphatic heterocycles. The summed E-state index contributed by atoms with van der Waals surface area (Å²) < 4.78 is 72.2. The van der Waals surface area contributed by atoms with Crippen LogP contribution in [0.4, 0.5) is 4.39 Å². The quantitative estimate of drug-likeness (QED) is 0.670. The zero-order valence-electron chi connectivity index (χ0n) is 16.9. The van der Waals surface area contributed by atoms with Crippen molar-refractivity contribution in [1.82, 2.24) is 13.9 Å². The van der Waals surface area contributed by atoms with Crippen molar-refractivity contribution in [1.29, 1.82) is 0 Å². The number of hydrogen-bond donors (Lipinski definition) is 1. The zero-order chi connectivity index (χ0) is 22.8. The van der Waals surface area contributed by atoms with Crippen LogP contribution in [0.2, 0.25) is 0 Å². The molecule has 3 rings (SSSR count). The minimum absolute atomic E-state index is 0.0240. The van der Waals surface area contributed by atoms with Crippen LogP contribution in [0, 0.1) is 5.82 Å². The Balaban J connectivity index is 1.75. The highest BCUT2D eigenvalue weighted by Gasteiger charge is 2.31. The van der Waals surface area contributed by atoms with E-state index < -0.39 is 31.8 Å². The predicted molar refractivity (Wildman–Crippen MR) is 110 cm³/mol. The maximum atomic E-state index is 14.2. The number of amides is 1. The lowest BCUT2D eigenvalue weighted by atomic mass is 10.1. The molecule has 12 heteroatoms. The first kappa shape index (κ1) is 23.1. The number of hydrogen-bond acceptors (Lipinski definition) is 6. The molecule has 168 valence electrons. The van der Waals surface area contributed by atoms with Crippen molar-refractivity contribution >= 4 is 26.0 Å². The van der Waals surface area contributed by atoms with Gasteiger partial charge in [0, 0.05) is 26.2 Å². The minimum Gasteiger partial charge on any atom is -0.497 e. The molecule has 9 nitrogen and oxygen atoms in total. The van der Waals surface area contributed by atoms with Crippen molar-refractivity contribution in [3.63, 3.8) is 0 Å². The Hall–Kier alpha value is -2.54. The van der Waals surface area contributed by atoms with E-state index >= 15 is 0 Å². The fourth-order valence-corrected chi connectivity index (χ4v) is 5.33. The molecular weight excluding hydrogens is 449 g/mol. The third-order valence-corrected chi connectivity index (χ3v) is 8.30. The van der Waals surface area contributed by atoms with Crippen molar-refractivity contribution < 1.29 is 30.8 Å². The van der Waals surface area contributed by atoms with E-state index in [0.717, 1.165) is 18.2 Å². The molecule has 0 radical (unpaired) electrons. The summed E-state index contributed by atoms with van der Waals surface area (Å²) in [5, 5.41) is 0. The molecule has 0 saturated carbocycles. The summed E-state index contributed by atoms with van der Waals surface area (Å²) in [7, 11) is -4.92. The van der Waals surface area contributed by atoms with Gasteiger partial charge in [-0.2, -0.15) is 4.31 Å². The number of benzene rings is 2. The van der Waals surface area contributed by atoms with E-state index in [0.29, 0.717) is 5.75 Å². The fourth-order valence-electron chi connectivity index (χ4n) is 3.15. The number of halogens is 1. The molecule has 0 unspecified atom stereocenters. The molecule has 0 atom stereocenters. The van der Waals surface area contributed by atoms with Crippen LogP contribution in [0.15, 0.2) is 52.3 Å². The van der Waals surface area contributed by atoms with Gasteiger partial charge in [0.25, 0.3) is 5.91 Å². The van der Waals surface area contributed by atoms with Gasteiger partial charge in [-0.3, -0.25) is 4.79 Å². The second-order valence-corrected chi connectivity index (χ2v) is 10.5. The van der Waals surface area contributed by atoms with E-state index in [2.05, 4.69) is 4.72 Å². The van der Waals surface area contributed by atoms with Crippen LogP contribution in [0.1, 0.15) is 10.4 Å². The summed E-state index contributed by atoms with van der Waals surface area (Å²) >= 11 is 0. The Kier molecular flexibility index (Phi) is 6.65. The molecule has 2 aromatic carbocycles. The Morgan fingerprint density at radius 2 is 1.55 bits per heavy atom. The minimum atomic E-state index is -3.85. The number of carbonyl (C=O) groups is 1. The van der Waals surface area contributed by atoms with Gasteiger partial charge in [0.2, 0.25) is 20.0 Å². The van der Waals surface area contributed by atoms with Crippen molar-refractivity contribution in [2.24, 2.45) is 0 Å². The summed E-state index contributed by atoms with van der Waals surface area (Å²) in [4.78, 5) is 13.9. The molecule has 1 saturated heterocycles. The normalized spacial score (nSPS) is 15.6. The molecular formula is C19H22FN3O6S2. The lowest BCUT2D eigenvalue weighted by Crippen LogP contribution is -2.50. The average Bonchev–Trinajstić information content (AvgIpc) is 2.79. The van der Waals surface area contributed by atoms with Crippen molar-refractivity contribution in [3.05, 3.63) is 53.8 Å². The Labute approximate surface area is 180 Å². The first-order chi connectivity index (χ1) is 14.6. The highest BCUT2D eigenvalue weighted by Crippen LogP contribution is 2.22. The lowest BCUT2D eigenvalue weighted by molar-refractivity contribution is 0.0693. The summed E-state index contributed by atoms with van der Waals surface area (Å²) in [6.45, 7) is 0.125. The molecule has 0 aromatic heterocycles. The Morgan fingerprint density at radius 1 is 0.968 bits per heavy atom. The first-order valence-electron chi connectivity index (χ1n) is 9.27. The molecule has 0 bridgehead atoms. The van der Waals surface area contributed by atoms with Crippen LogP contribution >= 0.6 is 0 Å². The summed E-state index contributed by atoms with van der Waals surface area (Å²) in [6, 6.07) is 8.93. The fraction of sp³-hybridized carbons (Fsp3) is 0.316. The third-order valence-electron chi connectivity index (χ3n) is 4.97. The average molecular weight is 472 g/mol. The molecule has 1 N–H and O–H groups in total. The van der Waals surface area contributed by atoms with Gasteiger partial charge in [-0.25, -0.2) is 25.9 Å². The van der Waals surface area contributed by atoms with E-state index in [4.69, 9.17) is 4.74 Å². The molecule has 0 spiro atoms. The van der Waals surface area contributed by atoms with Crippen molar-refractivity contribution in [3.8, 4) is 5.75 Å². The number of nitrogens with zero attached hydrogens (tertiary/aromatic N) is 2. The number of carbonyl (C=O) groups excluding carboxylic acids is 1. The molecule has 1 fully saturated rings. The summed E-state index contributed by atoms with van der Waals surface area (Å²) in [5.41, 5.74) is -0.386. The van der Waals surface area contributed by atoms with Crippen LogP contribution in [0.3, 0.4) is 0 Å². The number of piperazine rings is 1. The lowest BCUT2D eigenvalue weighted by Gasteiger charge is -2.34. The monoisotopic (exact) mass is 471 g/mol. The summed E-state index contributed by atoms with van der Waals surface area (Å²) in [6.07, 6.45) is 0. The van der Waals surface area contributed by atoms with Gasteiger partial charge in [-0.1, -0.05) is 0 Å². The molecule has 1 amide bonds. The SMILES string of the molecule is CNS(=O)(=O)c1ccc(F)c(C(=O)N2CCN(S(=O)(=O)c3ccc(OC)cc3)CC2)c1. The van der Waals surface area contributed by atoms with Gasteiger partial charge >= 0.3 is 0 Å². The number of rotatable bonds is 6. The topological polar surface area (TPSA) is 113 Å². The molecule has 31 heavy (non-hydrogen) atoms. The maximum absolute atomic E-state index is 14.2. The van der Waals surface area contributed by atoms with Crippen LogP contribution in [-0.4, -0.2) is 72.3 Å². The van der Waals surface area contributed by atoms with E-state index in [1.54, 1.807) is 12.1 Å². The standard InChI is InChI=1S/C19H22FN3O6S2/c1-21-30(25,26)16-7-8-18(20)17(13-16)19(24)22-9-11-23(12-10-22)31(27,28)15-5-3-14(29-2)4-6-15/h3-8,13,21H,9-12H2,1-2H3. The molecule has 1 heterocycles. The Morgan fingerprint density at radius 3 is 2.10 bits per heavy atom. The number of methoxy groups -OCH3 is 1. The largest absolute Gasteiger partial charge is 0.497 e.